The SMILES string of the molecule is C=CCNC(=NC)NC1CCC(C(C)C)CC1. The van der Waals surface area contributed by atoms with Crippen molar-refractivity contribution in [2.75, 3.05) is 13.6 Å². The van der Waals surface area contributed by atoms with Gasteiger partial charge in [-0.05, 0) is 37.5 Å². The van der Waals surface area contributed by atoms with Gasteiger partial charge in [-0.25, -0.2) is 0 Å². The molecule has 0 saturated heterocycles. The third-order valence-corrected chi connectivity index (χ3v) is 3.69. The number of nitrogens with zero attached hydrogens (tertiary/aromatic N) is 1. The molecule has 0 spiro atoms. The monoisotopic (exact) mass is 237 g/mol. The molecule has 0 aliphatic heterocycles. The molecule has 0 aromatic carbocycles. The van der Waals surface area contributed by atoms with E-state index in [4.69, 9.17) is 0 Å². The smallest absolute Gasteiger partial charge is 0.191 e. The summed E-state index contributed by atoms with van der Waals surface area (Å²) in [4.78, 5) is 4.22. The second-order valence-corrected chi connectivity index (χ2v) is 5.24. The first kappa shape index (κ1) is 14.1. The average Bonchev–Trinajstić information content (AvgIpc) is 2.35. The lowest BCUT2D eigenvalue weighted by molar-refractivity contribution is 0.250. The number of hydrogen-bond acceptors (Lipinski definition) is 1. The number of hydrogen-bond donors (Lipinski definition) is 2. The standard InChI is InChI=1S/C14H27N3/c1-5-10-16-14(15-4)17-13-8-6-12(7-9-13)11(2)3/h5,11-13H,1,6-10H2,2-4H3,(H2,15,16,17). The van der Waals surface area contributed by atoms with Crippen LogP contribution >= 0.6 is 0 Å². The lowest BCUT2D eigenvalue weighted by atomic mass is 9.80. The molecule has 0 amide bonds. The largest absolute Gasteiger partial charge is 0.354 e. The summed E-state index contributed by atoms with van der Waals surface area (Å²) in [6, 6.07) is 0.584. The number of aliphatic imine (C=N–C) groups is 1. The van der Waals surface area contributed by atoms with E-state index in [9.17, 15) is 0 Å². The number of nitrogens with one attached hydrogen (secondary N) is 2. The van der Waals surface area contributed by atoms with Crippen LogP contribution in [-0.4, -0.2) is 25.6 Å². The van der Waals surface area contributed by atoms with E-state index in [1.54, 1.807) is 0 Å². The summed E-state index contributed by atoms with van der Waals surface area (Å²) in [5, 5.41) is 6.71. The van der Waals surface area contributed by atoms with Crippen molar-refractivity contribution in [3.05, 3.63) is 12.7 Å². The molecule has 3 heteroatoms. The van der Waals surface area contributed by atoms with Gasteiger partial charge in [-0.3, -0.25) is 4.99 Å². The predicted molar refractivity (Wildman–Crippen MR) is 75.3 cm³/mol. The van der Waals surface area contributed by atoms with Crippen LogP contribution < -0.4 is 10.6 Å². The van der Waals surface area contributed by atoms with Crippen LogP contribution in [0, 0.1) is 11.8 Å². The molecule has 98 valence electrons. The average molecular weight is 237 g/mol. The van der Waals surface area contributed by atoms with Gasteiger partial charge in [0.2, 0.25) is 0 Å². The van der Waals surface area contributed by atoms with Crippen LogP contribution in [0.15, 0.2) is 17.6 Å². The highest BCUT2D eigenvalue weighted by Crippen LogP contribution is 2.29. The second kappa shape index (κ2) is 7.36. The zero-order chi connectivity index (χ0) is 12.7. The summed E-state index contributed by atoms with van der Waals surface area (Å²) in [6.07, 6.45) is 7.05. The highest BCUT2D eigenvalue weighted by Gasteiger charge is 2.23. The Morgan fingerprint density at radius 3 is 2.47 bits per heavy atom. The summed E-state index contributed by atoms with van der Waals surface area (Å²) < 4.78 is 0. The van der Waals surface area contributed by atoms with Gasteiger partial charge in [-0.15, -0.1) is 6.58 Å². The molecule has 0 radical (unpaired) electrons. The van der Waals surface area contributed by atoms with E-state index in [-0.39, 0.29) is 0 Å². The lowest BCUT2D eigenvalue weighted by Crippen LogP contribution is -2.45. The van der Waals surface area contributed by atoms with Crippen LogP contribution in [0.4, 0.5) is 0 Å². The minimum absolute atomic E-state index is 0.584. The fraction of sp³-hybridized carbons (Fsp3) is 0.786. The summed E-state index contributed by atoms with van der Waals surface area (Å²) in [5.41, 5.74) is 0. The van der Waals surface area contributed by atoms with Gasteiger partial charge in [-0.1, -0.05) is 19.9 Å². The lowest BCUT2D eigenvalue weighted by Gasteiger charge is -2.32. The van der Waals surface area contributed by atoms with Gasteiger partial charge in [0.25, 0.3) is 0 Å². The minimum atomic E-state index is 0.584. The third-order valence-electron chi connectivity index (χ3n) is 3.69. The molecular weight excluding hydrogens is 210 g/mol. The zero-order valence-corrected chi connectivity index (χ0v) is 11.5. The van der Waals surface area contributed by atoms with E-state index < -0.39 is 0 Å². The molecule has 1 rings (SSSR count). The second-order valence-electron chi connectivity index (χ2n) is 5.24. The van der Waals surface area contributed by atoms with Crippen LogP contribution in [-0.2, 0) is 0 Å². The van der Waals surface area contributed by atoms with Crippen molar-refractivity contribution in [1.82, 2.24) is 10.6 Å². The van der Waals surface area contributed by atoms with Crippen molar-refractivity contribution in [2.45, 2.75) is 45.6 Å². The first-order valence-electron chi connectivity index (χ1n) is 6.75. The Bertz CT molecular complexity index is 250. The molecule has 1 saturated carbocycles. The molecule has 3 nitrogen and oxygen atoms in total. The van der Waals surface area contributed by atoms with Crippen molar-refractivity contribution in [3.8, 4) is 0 Å². The van der Waals surface area contributed by atoms with Crippen LogP contribution in [0.25, 0.3) is 0 Å². The van der Waals surface area contributed by atoms with Gasteiger partial charge >= 0.3 is 0 Å². The molecule has 0 atom stereocenters. The van der Waals surface area contributed by atoms with Crippen molar-refractivity contribution in [1.29, 1.82) is 0 Å². The Hall–Kier alpha value is -0.990. The highest BCUT2D eigenvalue weighted by molar-refractivity contribution is 5.80. The quantitative estimate of drug-likeness (QED) is 0.448. The number of rotatable bonds is 4. The molecule has 0 aromatic heterocycles. The Kier molecular flexibility index (Phi) is 6.09. The maximum atomic E-state index is 4.22. The molecule has 0 bridgehead atoms. The zero-order valence-electron chi connectivity index (χ0n) is 11.5. The summed E-state index contributed by atoms with van der Waals surface area (Å²) in [6.45, 7) is 9.14. The van der Waals surface area contributed by atoms with Crippen molar-refractivity contribution in [3.63, 3.8) is 0 Å². The van der Waals surface area contributed by atoms with Crippen molar-refractivity contribution >= 4 is 5.96 Å². The van der Waals surface area contributed by atoms with Crippen LogP contribution in [0.3, 0.4) is 0 Å². The summed E-state index contributed by atoms with van der Waals surface area (Å²) in [7, 11) is 1.82. The molecule has 17 heavy (non-hydrogen) atoms. The van der Waals surface area contributed by atoms with E-state index >= 15 is 0 Å². The van der Waals surface area contributed by atoms with Gasteiger partial charge in [-0.2, -0.15) is 0 Å². The van der Waals surface area contributed by atoms with E-state index in [1.807, 2.05) is 13.1 Å². The van der Waals surface area contributed by atoms with Gasteiger partial charge in [0.15, 0.2) is 5.96 Å². The van der Waals surface area contributed by atoms with Gasteiger partial charge in [0.1, 0.15) is 0 Å². The Labute approximate surface area is 106 Å². The maximum Gasteiger partial charge on any atom is 0.191 e. The first-order valence-corrected chi connectivity index (χ1v) is 6.75. The molecule has 1 aliphatic rings. The maximum absolute atomic E-state index is 4.22. The van der Waals surface area contributed by atoms with Crippen molar-refractivity contribution < 1.29 is 0 Å². The van der Waals surface area contributed by atoms with E-state index in [0.717, 1.165) is 24.3 Å². The first-order chi connectivity index (χ1) is 8.17. The normalized spacial score (nSPS) is 25.8. The molecule has 0 heterocycles. The van der Waals surface area contributed by atoms with Gasteiger partial charge < -0.3 is 10.6 Å². The number of guanidine groups is 1. The minimum Gasteiger partial charge on any atom is -0.354 e. The third kappa shape index (κ3) is 4.80. The fourth-order valence-electron chi connectivity index (χ4n) is 2.49. The summed E-state index contributed by atoms with van der Waals surface area (Å²) >= 11 is 0. The van der Waals surface area contributed by atoms with Crippen molar-refractivity contribution in [2.24, 2.45) is 16.8 Å². The van der Waals surface area contributed by atoms with E-state index in [0.29, 0.717) is 6.04 Å². The molecule has 0 aromatic rings. The molecule has 0 unspecified atom stereocenters. The van der Waals surface area contributed by atoms with Crippen LogP contribution in [0.1, 0.15) is 39.5 Å². The van der Waals surface area contributed by atoms with Crippen LogP contribution in [0.5, 0.6) is 0 Å². The highest BCUT2D eigenvalue weighted by atomic mass is 15.2. The van der Waals surface area contributed by atoms with Gasteiger partial charge in [0.05, 0.1) is 0 Å². The molecule has 1 fully saturated rings. The Morgan fingerprint density at radius 2 is 2.00 bits per heavy atom. The fourth-order valence-corrected chi connectivity index (χ4v) is 2.49. The molecule has 2 N–H and O–H groups in total. The van der Waals surface area contributed by atoms with E-state index in [1.165, 1.54) is 25.7 Å². The topological polar surface area (TPSA) is 36.4 Å². The Morgan fingerprint density at radius 1 is 1.35 bits per heavy atom. The van der Waals surface area contributed by atoms with Gasteiger partial charge in [0, 0.05) is 19.6 Å². The predicted octanol–water partition coefficient (Wildman–Crippen LogP) is 2.55. The van der Waals surface area contributed by atoms with Crippen LogP contribution in [0.2, 0.25) is 0 Å². The molecular formula is C14H27N3. The molecule has 1 aliphatic carbocycles. The summed E-state index contributed by atoms with van der Waals surface area (Å²) in [5.74, 6) is 2.64. The van der Waals surface area contributed by atoms with E-state index in [2.05, 4.69) is 36.1 Å². The Balaban J connectivity index is 2.31.